The van der Waals surface area contributed by atoms with Crippen molar-refractivity contribution < 1.29 is 14.7 Å². The fourth-order valence-corrected chi connectivity index (χ4v) is 2.29. The molecule has 1 saturated heterocycles. The SMILES string of the molecule is CCC1CCCN1C(=O)N(CC(=O)O)C(C)C. The quantitative estimate of drug-likeness (QED) is 0.817. The molecule has 5 nitrogen and oxygen atoms in total. The van der Waals surface area contributed by atoms with Crippen molar-refractivity contribution in [1.29, 1.82) is 0 Å². The highest BCUT2D eigenvalue weighted by atomic mass is 16.4. The second kappa shape index (κ2) is 5.89. The number of carboxylic acids is 1. The zero-order chi connectivity index (χ0) is 13.0. The van der Waals surface area contributed by atoms with E-state index in [9.17, 15) is 9.59 Å². The van der Waals surface area contributed by atoms with E-state index in [1.807, 2.05) is 18.7 Å². The number of carboxylic acid groups (broad SMARTS) is 1. The number of carbonyl (C=O) groups excluding carboxylic acids is 1. The molecule has 1 unspecified atom stereocenters. The van der Waals surface area contributed by atoms with Crippen molar-refractivity contribution in [1.82, 2.24) is 9.80 Å². The predicted octanol–water partition coefficient (Wildman–Crippen LogP) is 1.78. The van der Waals surface area contributed by atoms with Gasteiger partial charge in [-0.2, -0.15) is 0 Å². The summed E-state index contributed by atoms with van der Waals surface area (Å²) in [6.45, 7) is 6.28. The van der Waals surface area contributed by atoms with Crippen molar-refractivity contribution in [2.45, 2.75) is 52.1 Å². The van der Waals surface area contributed by atoms with E-state index in [0.29, 0.717) is 0 Å². The Morgan fingerprint density at radius 1 is 1.47 bits per heavy atom. The second-order valence-electron chi connectivity index (χ2n) is 4.80. The maximum Gasteiger partial charge on any atom is 0.323 e. The zero-order valence-corrected chi connectivity index (χ0v) is 10.8. The van der Waals surface area contributed by atoms with Gasteiger partial charge in [0, 0.05) is 18.6 Å². The molecule has 1 fully saturated rings. The highest BCUT2D eigenvalue weighted by Gasteiger charge is 2.32. The molecule has 1 atom stereocenters. The lowest BCUT2D eigenvalue weighted by molar-refractivity contribution is -0.138. The molecule has 0 aromatic heterocycles. The Morgan fingerprint density at radius 2 is 2.12 bits per heavy atom. The van der Waals surface area contributed by atoms with Gasteiger partial charge in [-0.05, 0) is 33.1 Å². The van der Waals surface area contributed by atoms with Crippen LogP contribution in [0.4, 0.5) is 4.79 Å². The molecule has 0 aromatic rings. The van der Waals surface area contributed by atoms with Crippen molar-refractivity contribution in [3.63, 3.8) is 0 Å². The molecule has 0 aromatic carbocycles. The first kappa shape index (κ1) is 13.8. The summed E-state index contributed by atoms with van der Waals surface area (Å²) in [5, 5.41) is 8.84. The molecule has 0 radical (unpaired) electrons. The zero-order valence-electron chi connectivity index (χ0n) is 10.8. The number of hydrogen-bond donors (Lipinski definition) is 1. The summed E-state index contributed by atoms with van der Waals surface area (Å²) in [5.41, 5.74) is 0. The fourth-order valence-electron chi connectivity index (χ4n) is 2.29. The van der Waals surface area contributed by atoms with Gasteiger partial charge in [0.2, 0.25) is 0 Å². The highest BCUT2D eigenvalue weighted by molar-refractivity contribution is 5.80. The third-order valence-electron chi connectivity index (χ3n) is 3.27. The van der Waals surface area contributed by atoms with Gasteiger partial charge in [-0.3, -0.25) is 4.79 Å². The lowest BCUT2D eigenvalue weighted by atomic mass is 10.2. The van der Waals surface area contributed by atoms with Gasteiger partial charge in [-0.15, -0.1) is 0 Å². The van der Waals surface area contributed by atoms with Gasteiger partial charge in [0.1, 0.15) is 6.54 Å². The number of rotatable bonds is 4. The molecule has 0 saturated carbocycles. The van der Waals surface area contributed by atoms with Gasteiger partial charge >= 0.3 is 12.0 Å². The minimum absolute atomic E-state index is 0.0864. The number of aliphatic carboxylic acids is 1. The maximum absolute atomic E-state index is 12.3. The number of hydrogen-bond acceptors (Lipinski definition) is 2. The molecule has 0 aliphatic carbocycles. The minimum atomic E-state index is -0.959. The molecule has 0 spiro atoms. The summed E-state index contributed by atoms with van der Waals surface area (Å²) in [5.74, 6) is -0.959. The summed E-state index contributed by atoms with van der Waals surface area (Å²) in [6, 6.07) is 0.0565. The highest BCUT2D eigenvalue weighted by Crippen LogP contribution is 2.22. The molecule has 98 valence electrons. The van der Waals surface area contributed by atoms with Crippen LogP contribution >= 0.6 is 0 Å². The van der Waals surface area contributed by atoms with Crippen LogP contribution in [0.1, 0.15) is 40.0 Å². The standard InChI is InChI=1S/C12H22N2O3/c1-4-10-6-5-7-13(10)12(17)14(9(2)3)8-11(15)16/h9-10H,4-8H2,1-3H3,(H,15,16). The average Bonchev–Trinajstić information content (AvgIpc) is 2.72. The van der Waals surface area contributed by atoms with E-state index in [-0.39, 0.29) is 24.7 Å². The third-order valence-corrected chi connectivity index (χ3v) is 3.27. The van der Waals surface area contributed by atoms with Gasteiger partial charge in [0.15, 0.2) is 0 Å². The molecular formula is C12H22N2O3. The molecular weight excluding hydrogens is 220 g/mol. The van der Waals surface area contributed by atoms with Crippen molar-refractivity contribution >= 4 is 12.0 Å². The maximum atomic E-state index is 12.3. The smallest absolute Gasteiger partial charge is 0.323 e. The van der Waals surface area contributed by atoms with Crippen LogP contribution in [0.3, 0.4) is 0 Å². The van der Waals surface area contributed by atoms with E-state index in [2.05, 4.69) is 6.92 Å². The van der Waals surface area contributed by atoms with Gasteiger partial charge in [0.05, 0.1) is 0 Å². The van der Waals surface area contributed by atoms with Gasteiger partial charge in [0.25, 0.3) is 0 Å². The van der Waals surface area contributed by atoms with Crippen molar-refractivity contribution in [3.05, 3.63) is 0 Å². The Balaban J connectivity index is 2.73. The number of likely N-dealkylation sites (tertiary alicyclic amines) is 1. The Kier molecular flexibility index (Phi) is 4.78. The molecule has 1 heterocycles. The van der Waals surface area contributed by atoms with Crippen LogP contribution < -0.4 is 0 Å². The Bertz CT molecular complexity index is 291. The Hall–Kier alpha value is -1.26. The van der Waals surface area contributed by atoms with Crippen LogP contribution in [0.2, 0.25) is 0 Å². The number of urea groups is 1. The summed E-state index contributed by atoms with van der Waals surface area (Å²) < 4.78 is 0. The lowest BCUT2D eigenvalue weighted by Crippen LogP contribution is -2.49. The van der Waals surface area contributed by atoms with Crippen molar-refractivity contribution in [2.24, 2.45) is 0 Å². The Labute approximate surface area is 102 Å². The second-order valence-corrected chi connectivity index (χ2v) is 4.80. The van der Waals surface area contributed by atoms with Crippen LogP contribution in [0, 0.1) is 0 Å². The first-order chi connectivity index (χ1) is 7.97. The number of amides is 2. The van der Waals surface area contributed by atoms with E-state index in [0.717, 1.165) is 25.8 Å². The van der Waals surface area contributed by atoms with Crippen molar-refractivity contribution in [3.8, 4) is 0 Å². The summed E-state index contributed by atoms with van der Waals surface area (Å²) in [4.78, 5) is 26.3. The molecule has 1 aliphatic rings. The van der Waals surface area contributed by atoms with Crippen LogP contribution in [0.25, 0.3) is 0 Å². The molecule has 17 heavy (non-hydrogen) atoms. The predicted molar refractivity (Wildman–Crippen MR) is 64.9 cm³/mol. The van der Waals surface area contributed by atoms with Crippen LogP contribution in [-0.2, 0) is 4.79 Å². The van der Waals surface area contributed by atoms with E-state index in [1.165, 1.54) is 4.90 Å². The minimum Gasteiger partial charge on any atom is -0.480 e. The van der Waals surface area contributed by atoms with Crippen LogP contribution in [0.15, 0.2) is 0 Å². The largest absolute Gasteiger partial charge is 0.480 e. The molecule has 1 rings (SSSR count). The van der Waals surface area contributed by atoms with E-state index in [4.69, 9.17) is 5.11 Å². The molecule has 0 bridgehead atoms. The van der Waals surface area contributed by atoms with E-state index in [1.54, 1.807) is 0 Å². The van der Waals surface area contributed by atoms with Crippen LogP contribution in [-0.4, -0.2) is 52.1 Å². The summed E-state index contributed by atoms with van der Waals surface area (Å²) in [7, 11) is 0. The van der Waals surface area contributed by atoms with Gasteiger partial charge in [-0.1, -0.05) is 6.92 Å². The first-order valence-electron chi connectivity index (χ1n) is 6.26. The summed E-state index contributed by atoms with van der Waals surface area (Å²) in [6.07, 6.45) is 2.98. The third kappa shape index (κ3) is 3.35. The number of carbonyl (C=O) groups is 2. The van der Waals surface area contributed by atoms with E-state index < -0.39 is 5.97 Å². The normalized spacial score (nSPS) is 19.8. The molecule has 5 heteroatoms. The topological polar surface area (TPSA) is 60.9 Å². The van der Waals surface area contributed by atoms with Crippen LogP contribution in [0.5, 0.6) is 0 Å². The number of nitrogens with zero attached hydrogens (tertiary/aromatic N) is 2. The van der Waals surface area contributed by atoms with Gasteiger partial charge in [-0.25, -0.2) is 4.79 Å². The molecule has 1 N–H and O–H groups in total. The first-order valence-corrected chi connectivity index (χ1v) is 6.26. The monoisotopic (exact) mass is 242 g/mol. The lowest BCUT2D eigenvalue weighted by Gasteiger charge is -2.33. The fraction of sp³-hybridized carbons (Fsp3) is 0.833. The van der Waals surface area contributed by atoms with Gasteiger partial charge < -0.3 is 14.9 Å². The molecule has 2 amide bonds. The average molecular weight is 242 g/mol. The van der Waals surface area contributed by atoms with E-state index >= 15 is 0 Å². The van der Waals surface area contributed by atoms with Crippen molar-refractivity contribution in [2.75, 3.05) is 13.1 Å². The summed E-state index contributed by atoms with van der Waals surface area (Å²) >= 11 is 0. The molecule has 1 aliphatic heterocycles. The Morgan fingerprint density at radius 3 is 2.59 bits per heavy atom.